The lowest BCUT2D eigenvalue weighted by Crippen LogP contribution is -2.07. The van der Waals surface area contributed by atoms with Gasteiger partial charge in [0.2, 0.25) is 0 Å². The number of hydrogen-bond acceptors (Lipinski definition) is 0. The van der Waals surface area contributed by atoms with E-state index in [1.165, 1.54) is 0 Å². The summed E-state index contributed by atoms with van der Waals surface area (Å²) in [7, 11) is 0. The van der Waals surface area contributed by atoms with Gasteiger partial charge in [-0.2, -0.15) is 0 Å². The number of halogens is 1. The third kappa shape index (κ3) is 2.69. The zero-order valence-corrected chi connectivity index (χ0v) is 5.63. The molecule has 0 saturated heterocycles. The SMILES string of the molecule is C=CC(C)(C)CCl. The molecule has 0 bridgehead atoms. The largest absolute Gasteiger partial charge is 0.126 e. The average molecular weight is 119 g/mol. The van der Waals surface area contributed by atoms with Crippen molar-refractivity contribution in [3.05, 3.63) is 12.7 Å². The van der Waals surface area contributed by atoms with Crippen LogP contribution in [0.1, 0.15) is 13.8 Å². The first-order valence-electron chi connectivity index (χ1n) is 2.32. The van der Waals surface area contributed by atoms with Crippen molar-refractivity contribution in [3.8, 4) is 0 Å². The fourth-order valence-corrected chi connectivity index (χ4v) is 0.164. The van der Waals surface area contributed by atoms with E-state index in [0.717, 1.165) is 0 Å². The van der Waals surface area contributed by atoms with Crippen molar-refractivity contribution in [1.29, 1.82) is 0 Å². The minimum atomic E-state index is 0.113. The summed E-state index contributed by atoms with van der Waals surface area (Å²) in [6.07, 6.45) is 1.86. The predicted molar refractivity (Wildman–Crippen MR) is 34.7 cm³/mol. The molecule has 0 saturated carbocycles. The van der Waals surface area contributed by atoms with Crippen LogP contribution in [0.5, 0.6) is 0 Å². The number of allylic oxidation sites excluding steroid dienone is 1. The van der Waals surface area contributed by atoms with Crippen LogP contribution in [0.15, 0.2) is 12.7 Å². The van der Waals surface area contributed by atoms with Gasteiger partial charge in [-0.05, 0) is 5.41 Å². The molecule has 0 aliphatic carbocycles. The van der Waals surface area contributed by atoms with Gasteiger partial charge < -0.3 is 0 Å². The van der Waals surface area contributed by atoms with Crippen LogP contribution in [0, 0.1) is 5.41 Å². The molecule has 0 atom stereocenters. The zero-order valence-electron chi connectivity index (χ0n) is 4.87. The number of rotatable bonds is 2. The number of hydrogen-bond donors (Lipinski definition) is 0. The van der Waals surface area contributed by atoms with Gasteiger partial charge >= 0.3 is 0 Å². The normalized spacial score (nSPS) is 11.3. The summed E-state index contributed by atoms with van der Waals surface area (Å²) in [5.74, 6) is 0.649. The van der Waals surface area contributed by atoms with Crippen molar-refractivity contribution in [2.24, 2.45) is 5.41 Å². The summed E-state index contributed by atoms with van der Waals surface area (Å²) in [5.41, 5.74) is 0.113. The Labute approximate surface area is 50.2 Å². The molecule has 1 heteroatoms. The molecule has 0 spiro atoms. The van der Waals surface area contributed by atoms with Gasteiger partial charge in [-0.15, -0.1) is 18.2 Å². The van der Waals surface area contributed by atoms with E-state index in [-0.39, 0.29) is 5.41 Å². The van der Waals surface area contributed by atoms with Gasteiger partial charge in [-0.3, -0.25) is 0 Å². The quantitative estimate of drug-likeness (QED) is 0.386. The summed E-state index contributed by atoms with van der Waals surface area (Å²) in [6.45, 7) is 7.72. The Bertz CT molecular complexity index is 64.6. The molecule has 0 nitrogen and oxygen atoms in total. The fourth-order valence-electron chi connectivity index (χ4n) is 0.0546. The van der Waals surface area contributed by atoms with Gasteiger partial charge in [0.25, 0.3) is 0 Å². The lowest BCUT2D eigenvalue weighted by atomic mass is 9.97. The molecular formula is C6H11Cl. The van der Waals surface area contributed by atoms with Gasteiger partial charge in [0, 0.05) is 5.88 Å². The second-order valence-corrected chi connectivity index (χ2v) is 2.59. The second kappa shape index (κ2) is 2.37. The second-order valence-electron chi connectivity index (χ2n) is 2.33. The van der Waals surface area contributed by atoms with E-state index < -0.39 is 0 Å². The molecule has 0 N–H and O–H groups in total. The monoisotopic (exact) mass is 118 g/mol. The third-order valence-electron chi connectivity index (χ3n) is 0.897. The lowest BCUT2D eigenvalue weighted by molar-refractivity contribution is 0.554. The molecule has 42 valence electrons. The Morgan fingerprint density at radius 2 is 2.14 bits per heavy atom. The molecule has 0 unspecified atom stereocenters. The highest BCUT2D eigenvalue weighted by Crippen LogP contribution is 2.16. The van der Waals surface area contributed by atoms with Gasteiger partial charge in [0.1, 0.15) is 0 Å². The molecular weight excluding hydrogens is 108 g/mol. The maximum absolute atomic E-state index is 5.52. The molecule has 0 aromatic carbocycles. The van der Waals surface area contributed by atoms with Gasteiger partial charge in [-0.1, -0.05) is 19.9 Å². The molecule has 0 aliphatic rings. The third-order valence-corrected chi connectivity index (χ3v) is 1.59. The van der Waals surface area contributed by atoms with E-state index in [1.54, 1.807) is 0 Å². The molecule has 7 heavy (non-hydrogen) atoms. The average Bonchev–Trinajstić information content (AvgIpc) is 1.68. The molecule has 0 fully saturated rings. The van der Waals surface area contributed by atoms with E-state index in [4.69, 9.17) is 11.6 Å². The van der Waals surface area contributed by atoms with E-state index in [1.807, 2.05) is 19.9 Å². The van der Waals surface area contributed by atoms with Crippen LogP contribution in [0.25, 0.3) is 0 Å². The standard InChI is InChI=1S/C6H11Cl/c1-4-6(2,3)5-7/h4H,1,5H2,2-3H3. The zero-order chi connectivity index (χ0) is 5.91. The van der Waals surface area contributed by atoms with Crippen molar-refractivity contribution in [2.45, 2.75) is 13.8 Å². The summed E-state index contributed by atoms with van der Waals surface area (Å²) in [4.78, 5) is 0. The minimum Gasteiger partial charge on any atom is -0.126 e. The first kappa shape index (κ1) is 7.03. The van der Waals surface area contributed by atoms with Crippen LogP contribution in [-0.2, 0) is 0 Å². The molecule has 0 aliphatic heterocycles. The van der Waals surface area contributed by atoms with E-state index in [9.17, 15) is 0 Å². The maximum atomic E-state index is 5.52. The summed E-state index contributed by atoms with van der Waals surface area (Å²) >= 11 is 5.52. The Morgan fingerprint density at radius 1 is 1.71 bits per heavy atom. The van der Waals surface area contributed by atoms with Gasteiger partial charge in [0.15, 0.2) is 0 Å². The molecule has 0 aromatic rings. The van der Waals surface area contributed by atoms with E-state index in [2.05, 4.69) is 6.58 Å². The minimum absolute atomic E-state index is 0.113. The molecule has 0 amide bonds. The smallest absolute Gasteiger partial charge is 0.0309 e. The Kier molecular flexibility index (Phi) is 2.38. The van der Waals surface area contributed by atoms with Crippen molar-refractivity contribution in [3.63, 3.8) is 0 Å². The topological polar surface area (TPSA) is 0 Å². The Morgan fingerprint density at radius 3 is 2.14 bits per heavy atom. The summed E-state index contributed by atoms with van der Waals surface area (Å²) < 4.78 is 0. The highest BCUT2D eigenvalue weighted by atomic mass is 35.5. The highest BCUT2D eigenvalue weighted by molar-refractivity contribution is 6.18. The van der Waals surface area contributed by atoms with Crippen LogP contribution in [0.4, 0.5) is 0 Å². The van der Waals surface area contributed by atoms with Crippen LogP contribution in [0.3, 0.4) is 0 Å². The number of alkyl halides is 1. The molecule has 0 rings (SSSR count). The van der Waals surface area contributed by atoms with Crippen LogP contribution in [-0.4, -0.2) is 5.88 Å². The van der Waals surface area contributed by atoms with Crippen molar-refractivity contribution >= 4 is 11.6 Å². The highest BCUT2D eigenvalue weighted by Gasteiger charge is 2.08. The van der Waals surface area contributed by atoms with Gasteiger partial charge in [-0.25, -0.2) is 0 Å². The molecule has 0 heterocycles. The van der Waals surface area contributed by atoms with Crippen molar-refractivity contribution < 1.29 is 0 Å². The lowest BCUT2D eigenvalue weighted by Gasteiger charge is -2.13. The van der Waals surface area contributed by atoms with Crippen LogP contribution >= 0.6 is 11.6 Å². The molecule has 0 radical (unpaired) electrons. The Balaban J connectivity index is 3.58. The summed E-state index contributed by atoms with van der Waals surface area (Å²) in [5, 5.41) is 0. The van der Waals surface area contributed by atoms with Crippen molar-refractivity contribution in [1.82, 2.24) is 0 Å². The first-order valence-corrected chi connectivity index (χ1v) is 2.85. The Hall–Kier alpha value is 0.0300. The summed E-state index contributed by atoms with van der Waals surface area (Å²) in [6, 6.07) is 0. The predicted octanol–water partition coefficient (Wildman–Crippen LogP) is 2.44. The maximum Gasteiger partial charge on any atom is 0.0309 e. The van der Waals surface area contributed by atoms with E-state index >= 15 is 0 Å². The van der Waals surface area contributed by atoms with Gasteiger partial charge in [0.05, 0.1) is 0 Å². The first-order chi connectivity index (χ1) is 3.12. The van der Waals surface area contributed by atoms with Crippen LogP contribution < -0.4 is 0 Å². The fraction of sp³-hybridized carbons (Fsp3) is 0.667. The van der Waals surface area contributed by atoms with E-state index in [0.29, 0.717) is 5.88 Å². The van der Waals surface area contributed by atoms with Crippen LogP contribution in [0.2, 0.25) is 0 Å². The van der Waals surface area contributed by atoms with Crippen molar-refractivity contribution in [2.75, 3.05) is 5.88 Å². The molecule has 0 aromatic heterocycles.